The predicted molar refractivity (Wildman–Crippen MR) is 44.4 cm³/mol. The van der Waals surface area contributed by atoms with Crippen LogP contribution in [-0.2, 0) is 0 Å². The first-order valence-electron chi connectivity index (χ1n) is 3.35. The summed E-state index contributed by atoms with van der Waals surface area (Å²) >= 11 is 0. The molecule has 0 aromatic carbocycles. The van der Waals surface area contributed by atoms with Crippen molar-refractivity contribution in [2.24, 2.45) is 5.73 Å². The number of primary amides is 1. The number of pyridine rings is 1. The van der Waals surface area contributed by atoms with E-state index in [9.17, 15) is 9.59 Å². The lowest BCUT2D eigenvalue weighted by molar-refractivity contribution is 0.0696. The summed E-state index contributed by atoms with van der Waals surface area (Å²) in [6.07, 6.45) is 1.13. The van der Waals surface area contributed by atoms with Crippen molar-refractivity contribution in [3.63, 3.8) is 0 Å². The van der Waals surface area contributed by atoms with E-state index < -0.39 is 12.0 Å². The van der Waals surface area contributed by atoms with Crippen LogP contribution in [0.25, 0.3) is 0 Å². The molecule has 6 heteroatoms. The molecule has 1 rings (SSSR count). The van der Waals surface area contributed by atoms with E-state index in [2.05, 4.69) is 10.3 Å². The predicted octanol–water partition coefficient (Wildman–Crippen LogP) is 0.270. The normalized spacial score (nSPS) is 9.23. The van der Waals surface area contributed by atoms with Gasteiger partial charge in [-0.2, -0.15) is 0 Å². The Morgan fingerprint density at radius 1 is 1.46 bits per heavy atom. The van der Waals surface area contributed by atoms with Gasteiger partial charge in [-0.15, -0.1) is 0 Å². The Labute approximate surface area is 73.4 Å². The highest BCUT2D eigenvalue weighted by atomic mass is 16.4. The maximum atomic E-state index is 10.4. The van der Waals surface area contributed by atoms with Gasteiger partial charge in [0.15, 0.2) is 0 Å². The summed E-state index contributed by atoms with van der Waals surface area (Å²) in [5.74, 6) is -0.851. The summed E-state index contributed by atoms with van der Waals surface area (Å²) in [5.41, 5.74) is 4.87. The number of aromatic nitrogens is 1. The van der Waals surface area contributed by atoms with Crippen LogP contribution in [0.3, 0.4) is 0 Å². The van der Waals surface area contributed by atoms with Gasteiger partial charge >= 0.3 is 12.0 Å². The van der Waals surface area contributed by atoms with Crippen LogP contribution >= 0.6 is 0 Å². The first-order valence-corrected chi connectivity index (χ1v) is 3.35. The maximum absolute atomic E-state index is 10.4. The van der Waals surface area contributed by atoms with Crippen molar-refractivity contribution < 1.29 is 14.7 Å². The lowest BCUT2D eigenvalue weighted by atomic mass is 10.3. The number of hydrogen-bond donors (Lipinski definition) is 3. The molecular formula is C7H7N3O3. The average Bonchev–Trinajstić information content (AvgIpc) is 2.04. The van der Waals surface area contributed by atoms with Gasteiger partial charge in [-0.3, -0.25) is 5.32 Å². The van der Waals surface area contributed by atoms with Gasteiger partial charge in [-0.25, -0.2) is 14.6 Å². The van der Waals surface area contributed by atoms with Crippen LogP contribution in [0.2, 0.25) is 0 Å². The summed E-state index contributed by atoms with van der Waals surface area (Å²) in [7, 11) is 0. The fraction of sp³-hybridized carbons (Fsp3) is 0. The monoisotopic (exact) mass is 181 g/mol. The Morgan fingerprint density at radius 2 is 2.15 bits per heavy atom. The highest BCUT2D eigenvalue weighted by Gasteiger charge is 2.03. The molecule has 0 radical (unpaired) electrons. The minimum atomic E-state index is -1.07. The summed E-state index contributed by atoms with van der Waals surface area (Å²) < 4.78 is 0. The Balaban J connectivity index is 2.81. The van der Waals surface area contributed by atoms with Crippen LogP contribution < -0.4 is 11.1 Å². The number of carboxylic acids is 1. The van der Waals surface area contributed by atoms with Gasteiger partial charge in [-0.05, 0) is 12.1 Å². The van der Waals surface area contributed by atoms with Gasteiger partial charge in [0.2, 0.25) is 0 Å². The van der Waals surface area contributed by atoms with Gasteiger partial charge in [0.1, 0.15) is 5.82 Å². The second kappa shape index (κ2) is 3.53. The summed E-state index contributed by atoms with van der Waals surface area (Å²) in [6.45, 7) is 0. The van der Waals surface area contributed by atoms with Crippen LogP contribution in [0, 0.1) is 0 Å². The van der Waals surface area contributed by atoms with E-state index in [0.717, 1.165) is 6.20 Å². The van der Waals surface area contributed by atoms with Gasteiger partial charge in [-0.1, -0.05) is 0 Å². The van der Waals surface area contributed by atoms with Crippen molar-refractivity contribution >= 4 is 17.8 Å². The van der Waals surface area contributed by atoms with Crippen LogP contribution in [0.5, 0.6) is 0 Å². The van der Waals surface area contributed by atoms with Crippen molar-refractivity contribution in [1.29, 1.82) is 0 Å². The molecule has 0 aliphatic carbocycles. The standard InChI is InChI=1S/C7H7N3O3/c8-7(13)10-5-2-1-4(3-9-5)6(11)12/h1-3H,(H,11,12)(H3,8,9,10,13). The lowest BCUT2D eigenvalue weighted by Gasteiger charge is -1.99. The Hall–Kier alpha value is -2.11. The SMILES string of the molecule is NC(=O)Nc1ccc(C(=O)O)cn1. The quantitative estimate of drug-likeness (QED) is 0.608. The minimum absolute atomic E-state index is 0.0509. The van der Waals surface area contributed by atoms with E-state index in [1.165, 1.54) is 12.1 Å². The Morgan fingerprint density at radius 3 is 2.54 bits per heavy atom. The highest BCUT2D eigenvalue weighted by Crippen LogP contribution is 2.04. The number of nitrogens with one attached hydrogen (secondary N) is 1. The number of nitrogens with two attached hydrogens (primary N) is 1. The zero-order valence-corrected chi connectivity index (χ0v) is 6.52. The summed E-state index contributed by atoms with van der Waals surface area (Å²) in [6, 6.07) is 1.94. The molecule has 1 aromatic heterocycles. The fourth-order valence-corrected chi connectivity index (χ4v) is 0.721. The third-order valence-electron chi connectivity index (χ3n) is 1.26. The number of carbonyl (C=O) groups is 2. The molecule has 68 valence electrons. The molecule has 0 bridgehead atoms. The van der Waals surface area contributed by atoms with Crippen LogP contribution in [-0.4, -0.2) is 22.1 Å². The van der Waals surface area contributed by atoms with Crippen molar-refractivity contribution in [2.45, 2.75) is 0 Å². The van der Waals surface area contributed by atoms with Gasteiger partial charge in [0.05, 0.1) is 5.56 Å². The number of urea groups is 1. The van der Waals surface area contributed by atoms with Crippen molar-refractivity contribution in [3.8, 4) is 0 Å². The molecule has 1 aromatic rings. The van der Waals surface area contributed by atoms with Crippen molar-refractivity contribution in [3.05, 3.63) is 23.9 Å². The largest absolute Gasteiger partial charge is 0.478 e. The number of carbonyl (C=O) groups excluding carboxylic acids is 1. The molecular weight excluding hydrogens is 174 g/mol. The second-order valence-electron chi connectivity index (χ2n) is 2.23. The van der Waals surface area contributed by atoms with Crippen LogP contribution in [0.4, 0.5) is 10.6 Å². The zero-order chi connectivity index (χ0) is 9.84. The number of rotatable bonds is 2. The van der Waals surface area contributed by atoms with E-state index in [0.29, 0.717) is 0 Å². The minimum Gasteiger partial charge on any atom is -0.478 e. The number of anilines is 1. The Bertz CT molecular complexity index is 333. The van der Waals surface area contributed by atoms with Crippen molar-refractivity contribution in [2.75, 3.05) is 5.32 Å². The maximum Gasteiger partial charge on any atom is 0.337 e. The average molecular weight is 181 g/mol. The molecule has 0 fully saturated rings. The van der Waals surface area contributed by atoms with Crippen LogP contribution in [0.1, 0.15) is 10.4 Å². The van der Waals surface area contributed by atoms with Gasteiger partial charge in [0, 0.05) is 6.20 Å². The number of hydrogen-bond acceptors (Lipinski definition) is 3. The fourth-order valence-electron chi connectivity index (χ4n) is 0.721. The van der Waals surface area contributed by atoms with E-state index >= 15 is 0 Å². The third-order valence-corrected chi connectivity index (χ3v) is 1.26. The molecule has 4 N–H and O–H groups in total. The van der Waals surface area contributed by atoms with E-state index in [1.807, 2.05) is 0 Å². The molecule has 0 atom stereocenters. The third kappa shape index (κ3) is 2.44. The summed E-state index contributed by atoms with van der Waals surface area (Å²) in [4.78, 5) is 24.4. The van der Waals surface area contributed by atoms with Crippen LogP contribution in [0.15, 0.2) is 18.3 Å². The molecule has 2 amide bonds. The number of amides is 2. The molecule has 0 aliphatic rings. The smallest absolute Gasteiger partial charge is 0.337 e. The van der Waals surface area contributed by atoms with E-state index in [4.69, 9.17) is 10.8 Å². The summed E-state index contributed by atoms with van der Waals surface area (Å²) in [5, 5.41) is 10.7. The van der Waals surface area contributed by atoms with E-state index in [-0.39, 0.29) is 11.4 Å². The lowest BCUT2D eigenvalue weighted by Crippen LogP contribution is -2.20. The zero-order valence-electron chi connectivity index (χ0n) is 6.52. The molecule has 1 heterocycles. The van der Waals surface area contributed by atoms with Gasteiger partial charge in [0.25, 0.3) is 0 Å². The number of aromatic carboxylic acids is 1. The molecule has 0 unspecified atom stereocenters. The molecule has 0 saturated carbocycles. The second-order valence-corrected chi connectivity index (χ2v) is 2.23. The number of carboxylic acid groups (broad SMARTS) is 1. The first kappa shape index (κ1) is 8.98. The van der Waals surface area contributed by atoms with Crippen molar-refractivity contribution in [1.82, 2.24) is 4.98 Å². The van der Waals surface area contributed by atoms with E-state index in [1.54, 1.807) is 0 Å². The highest BCUT2D eigenvalue weighted by molar-refractivity contribution is 5.89. The molecule has 6 nitrogen and oxygen atoms in total. The molecule has 0 saturated heterocycles. The molecule has 0 spiro atoms. The topological polar surface area (TPSA) is 105 Å². The Kier molecular flexibility index (Phi) is 2.44. The molecule has 13 heavy (non-hydrogen) atoms. The first-order chi connectivity index (χ1) is 6.09. The van der Waals surface area contributed by atoms with Gasteiger partial charge < -0.3 is 10.8 Å². The number of nitrogens with zero attached hydrogens (tertiary/aromatic N) is 1. The molecule has 0 aliphatic heterocycles.